The first kappa shape index (κ1) is 9.98. The van der Waals surface area contributed by atoms with E-state index in [1.165, 1.54) is 13.1 Å². The van der Waals surface area contributed by atoms with Crippen molar-refractivity contribution in [3.63, 3.8) is 0 Å². The second kappa shape index (κ2) is 3.74. The van der Waals surface area contributed by atoms with Crippen LogP contribution in [0.2, 0.25) is 0 Å². The maximum atomic E-state index is 13.2. The zero-order chi connectivity index (χ0) is 10.0. The molecule has 0 atom stereocenters. The summed E-state index contributed by atoms with van der Waals surface area (Å²) in [5, 5.41) is 0. The number of rotatable bonds is 2. The van der Waals surface area contributed by atoms with E-state index in [4.69, 9.17) is 5.73 Å². The summed E-state index contributed by atoms with van der Waals surface area (Å²) in [4.78, 5) is 3.63. The van der Waals surface area contributed by atoms with E-state index in [0.717, 1.165) is 0 Å². The van der Waals surface area contributed by atoms with E-state index < -0.39 is 17.8 Å². The summed E-state index contributed by atoms with van der Waals surface area (Å²) < 4.78 is 37.8. The summed E-state index contributed by atoms with van der Waals surface area (Å²) in [6.07, 6.45) is -1.67. The minimum Gasteiger partial charge on any atom is -0.326 e. The molecule has 1 heterocycles. The van der Waals surface area contributed by atoms with Crippen LogP contribution in [0.25, 0.3) is 0 Å². The van der Waals surface area contributed by atoms with Gasteiger partial charge in [0.25, 0.3) is 6.43 Å². The average molecular weight is 190 g/mol. The number of hydrogen-bond donors (Lipinski definition) is 1. The van der Waals surface area contributed by atoms with Crippen LogP contribution in [0.5, 0.6) is 0 Å². The number of hydrogen-bond acceptors (Lipinski definition) is 2. The van der Waals surface area contributed by atoms with Crippen molar-refractivity contribution in [2.45, 2.75) is 19.9 Å². The van der Waals surface area contributed by atoms with Crippen molar-refractivity contribution in [3.05, 3.63) is 28.8 Å². The van der Waals surface area contributed by atoms with Crippen LogP contribution in [-0.4, -0.2) is 4.98 Å². The van der Waals surface area contributed by atoms with E-state index in [1.807, 2.05) is 0 Å². The molecule has 0 aliphatic rings. The zero-order valence-corrected chi connectivity index (χ0v) is 7.02. The molecule has 5 heteroatoms. The Kier molecular flexibility index (Phi) is 2.87. The molecule has 0 saturated heterocycles. The van der Waals surface area contributed by atoms with Crippen molar-refractivity contribution in [3.8, 4) is 0 Å². The summed E-state index contributed by atoms with van der Waals surface area (Å²) in [7, 11) is 0. The number of nitrogens with two attached hydrogens (primary N) is 1. The van der Waals surface area contributed by atoms with Crippen LogP contribution in [0.4, 0.5) is 13.2 Å². The Morgan fingerprint density at radius 1 is 1.54 bits per heavy atom. The quantitative estimate of drug-likeness (QED) is 0.773. The van der Waals surface area contributed by atoms with E-state index in [1.54, 1.807) is 0 Å². The molecule has 0 spiro atoms. The molecule has 72 valence electrons. The molecule has 0 unspecified atom stereocenters. The number of alkyl halides is 2. The predicted octanol–water partition coefficient (Wildman–Crippen LogP) is 1.93. The molecule has 1 rings (SSSR count). The van der Waals surface area contributed by atoms with Crippen LogP contribution in [0, 0.1) is 12.7 Å². The van der Waals surface area contributed by atoms with Crippen LogP contribution in [0.1, 0.15) is 23.2 Å². The maximum absolute atomic E-state index is 13.2. The van der Waals surface area contributed by atoms with Gasteiger partial charge in [-0.2, -0.15) is 0 Å². The fourth-order valence-electron chi connectivity index (χ4n) is 1.03. The van der Waals surface area contributed by atoms with Crippen molar-refractivity contribution >= 4 is 0 Å². The minimum absolute atomic E-state index is 0.00435. The van der Waals surface area contributed by atoms with E-state index in [9.17, 15) is 13.2 Å². The third-order valence-corrected chi connectivity index (χ3v) is 1.76. The smallest absolute Gasteiger partial charge is 0.268 e. The molecule has 2 nitrogen and oxygen atoms in total. The van der Waals surface area contributed by atoms with Crippen LogP contribution in [0.15, 0.2) is 6.20 Å². The van der Waals surface area contributed by atoms with E-state index in [2.05, 4.69) is 4.98 Å². The summed E-state index contributed by atoms with van der Waals surface area (Å²) >= 11 is 0. The number of pyridine rings is 1. The van der Waals surface area contributed by atoms with Gasteiger partial charge in [0.05, 0.1) is 5.56 Å². The molecule has 0 amide bonds. The molecule has 0 aliphatic heterocycles. The molecule has 0 aromatic carbocycles. The summed E-state index contributed by atoms with van der Waals surface area (Å²) in [5.41, 5.74) is 4.51. The maximum Gasteiger partial charge on any atom is 0.268 e. The molecule has 13 heavy (non-hydrogen) atoms. The standard InChI is InChI=1S/C8H9F3N2/c1-4-6(8(10)11)7(9)5(2-12)3-13-4/h3,8H,2,12H2,1H3. The van der Waals surface area contributed by atoms with Crippen molar-refractivity contribution in [2.75, 3.05) is 0 Å². The Hall–Kier alpha value is -1.10. The fourth-order valence-corrected chi connectivity index (χ4v) is 1.03. The lowest BCUT2D eigenvalue weighted by Crippen LogP contribution is -2.06. The molecule has 0 saturated carbocycles. The van der Waals surface area contributed by atoms with Gasteiger partial charge in [0, 0.05) is 24.0 Å². The molecular weight excluding hydrogens is 181 g/mol. The van der Waals surface area contributed by atoms with E-state index in [-0.39, 0.29) is 17.8 Å². The lowest BCUT2D eigenvalue weighted by atomic mass is 10.1. The van der Waals surface area contributed by atoms with E-state index in [0.29, 0.717) is 0 Å². The lowest BCUT2D eigenvalue weighted by molar-refractivity contribution is 0.144. The Morgan fingerprint density at radius 2 is 2.15 bits per heavy atom. The van der Waals surface area contributed by atoms with Gasteiger partial charge in [0.15, 0.2) is 0 Å². The van der Waals surface area contributed by atoms with Gasteiger partial charge in [-0.25, -0.2) is 13.2 Å². The van der Waals surface area contributed by atoms with Crippen LogP contribution < -0.4 is 5.73 Å². The first-order chi connectivity index (χ1) is 6.07. The highest BCUT2D eigenvalue weighted by atomic mass is 19.3. The van der Waals surface area contributed by atoms with Crippen molar-refractivity contribution < 1.29 is 13.2 Å². The van der Waals surface area contributed by atoms with Gasteiger partial charge < -0.3 is 5.73 Å². The third kappa shape index (κ3) is 1.80. The van der Waals surface area contributed by atoms with Gasteiger partial charge in [-0.3, -0.25) is 4.98 Å². The first-order valence-corrected chi connectivity index (χ1v) is 3.70. The highest BCUT2D eigenvalue weighted by Crippen LogP contribution is 2.25. The molecule has 1 aromatic rings. The Bertz CT molecular complexity index is 313. The van der Waals surface area contributed by atoms with Crippen molar-refractivity contribution in [1.82, 2.24) is 4.98 Å². The van der Waals surface area contributed by atoms with Crippen LogP contribution in [0.3, 0.4) is 0 Å². The molecule has 0 radical (unpaired) electrons. The number of aromatic nitrogens is 1. The molecule has 1 aromatic heterocycles. The summed E-state index contributed by atoms with van der Waals surface area (Å²) in [6, 6.07) is 0. The highest BCUT2D eigenvalue weighted by Gasteiger charge is 2.19. The van der Waals surface area contributed by atoms with E-state index >= 15 is 0 Å². The first-order valence-electron chi connectivity index (χ1n) is 3.70. The number of aryl methyl sites for hydroxylation is 1. The molecule has 0 bridgehead atoms. The Balaban J connectivity index is 3.30. The largest absolute Gasteiger partial charge is 0.326 e. The van der Waals surface area contributed by atoms with Gasteiger partial charge in [-0.05, 0) is 6.92 Å². The predicted molar refractivity (Wildman–Crippen MR) is 41.8 cm³/mol. The molecule has 0 fully saturated rings. The fraction of sp³-hybridized carbons (Fsp3) is 0.375. The third-order valence-electron chi connectivity index (χ3n) is 1.76. The SMILES string of the molecule is Cc1ncc(CN)c(F)c1C(F)F. The molecule has 2 N–H and O–H groups in total. The normalized spacial score (nSPS) is 10.9. The molecule has 0 aliphatic carbocycles. The summed E-state index contributed by atoms with van der Waals surface area (Å²) in [5.74, 6) is -0.940. The van der Waals surface area contributed by atoms with Gasteiger partial charge in [0.2, 0.25) is 0 Å². The Morgan fingerprint density at radius 3 is 2.62 bits per heavy atom. The monoisotopic (exact) mass is 190 g/mol. The molecular formula is C8H9F3N2. The van der Waals surface area contributed by atoms with Crippen molar-refractivity contribution in [1.29, 1.82) is 0 Å². The van der Waals surface area contributed by atoms with Crippen LogP contribution >= 0.6 is 0 Å². The second-order valence-electron chi connectivity index (χ2n) is 2.60. The van der Waals surface area contributed by atoms with Gasteiger partial charge in [-0.15, -0.1) is 0 Å². The van der Waals surface area contributed by atoms with Crippen molar-refractivity contribution in [2.24, 2.45) is 5.73 Å². The average Bonchev–Trinajstić information content (AvgIpc) is 2.04. The summed E-state index contributed by atoms with van der Waals surface area (Å²) in [6.45, 7) is 1.21. The topological polar surface area (TPSA) is 38.9 Å². The van der Waals surface area contributed by atoms with Gasteiger partial charge >= 0.3 is 0 Å². The minimum atomic E-state index is -2.85. The van der Waals surface area contributed by atoms with Gasteiger partial charge in [0.1, 0.15) is 5.82 Å². The number of nitrogens with zero attached hydrogens (tertiary/aromatic N) is 1. The Labute approximate surface area is 73.6 Å². The van der Waals surface area contributed by atoms with Crippen LogP contribution in [-0.2, 0) is 6.54 Å². The second-order valence-corrected chi connectivity index (χ2v) is 2.60. The number of halogens is 3. The zero-order valence-electron chi connectivity index (χ0n) is 7.02. The highest BCUT2D eigenvalue weighted by molar-refractivity contribution is 5.27. The lowest BCUT2D eigenvalue weighted by Gasteiger charge is -2.08. The van der Waals surface area contributed by atoms with Gasteiger partial charge in [-0.1, -0.05) is 0 Å².